The van der Waals surface area contributed by atoms with Crippen molar-refractivity contribution in [2.75, 3.05) is 44.8 Å². The van der Waals surface area contributed by atoms with E-state index < -0.39 is 11.8 Å². The van der Waals surface area contributed by atoms with E-state index in [-0.39, 0.29) is 17.3 Å². The molecule has 2 rings (SSSR count). The highest BCUT2D eigenvalue weighted by molar-refractivity contribution is 6.33. The Balaban J connectivity index is 2.22. The number of nitrogens with two attached hydrogens (primary N) is 1. The van der Waals surface area contributed by atoms with Crippen molar-refractivity contribution in [2.45, 2.75) is 0 Å². The van der Waals surface area contributed by atoms with Crippen LogP contribution in [0.1, 0.15) is 10.5 Å². The lowest BCUT2D eigenvalue weighted by atomic mass is 10.3. The number of anilines is 1. The van der Waals surface area contributed by atoms with Crippen LogP contribution in [0.5, 0.6) is 0 Å². The number of halogens is 1. The number of carbonyl (C=O) groups excluding carboxylic acids is 2. The fourth-order valence-electron chi connectivity index (χ4n) is 1.91. The molecule has 1 aromatic heterocycles. The number of carbonyl (C=O) groups is 2. The molecular formula is C12H16ClN5O3. The second kappa shape index (κ2) is 6.68. The monoisotopic (exact) mass is 313 g/mol. The van der Waals surface area contributed by atoms with Crippen LogP contribution < -0.4 is 10.6 Å². The zero-order valence-corrected chi connectivity index (χ0v) is 12.3. The third-order valence-corrected chi connectivity index (χ3v) is 3.24. The molecule has 1 fully saturated rings. The highest BCUT2D eigenvalue weighted by Gasteiger charge is 2.22. The maximum atomic E-state index is 12.2. The largest absolute Gasteiger partial charge is 0.378 e. The summed E-state index contributed by atoms with van der Waals surface area (Å²) in [4.78, 5) is 34.5. The average Bonchev–Trinajstić information content (AvgIpc) is 2.47. The van der Waals surface area contributed by atoms with Gasteiger partial charge in [0.15, 0.2) is 5.69 Å². The summed E-state index contributed by atoms with van der Waals surface area (Å²) in [6.45, 7) is 2.25. The van der Waals surface area contributed by atoms with E-state index in [2.05, 4.69) is 9.97 Å². The number of morpholine rings is 1. The van der Waals surface area contributed by atoms with Gasteiger partial charge in [0.05, 0.1) is 31.0 Å². The van der Waals surface area contributed by atoms with Crippen LogP contribution in [0.3, 0.4) is 0 Å². The number of hydrogen-bond acceptors (Lipinski definition) is 6. The van der Waals surface area contributed by atoms with Gasteiger partial charge in [-0.1, -0.05) is 11.6 Å². The summed E-state index contributed by atoms with van der Waals surface area (Å²) in [7, 11) is 1.46. The fraction of sp³-hybridized carbons (Fsp3) is 0.500. The van der Waals surface area contributed by atoms with Gasteiger partial charge in [-0.25, -0.2) is 9.97 Å². The average molecular weight is 314 g/mol. The Labute approximate surface area is 126 Å². The Kier molecular flexibility index (Phi) is 4.92. The summed E-state index contributed by atoms with van der Waals surface area (Å²) in [5.41, 5.74) is 5.13. The molecule has 8 nitrogen and oxygen atoms in total. The van der Waals surface area contributed by atoms with E-state index in [1.165, 1.54) is 18.1 Å². The van der Waals surface area contributed by atoms with Gasteiger partial charge in [0, 0.05) is 20.1 Å². The Bertz CT molecular complexity index is 548. The summed E-state index contributed by atoms with van der Waals surface area (Å²) in [6.07, 6.45) is 1.38. The number of rotatable bonds is 4. The molecule has 1 aromatic rings. The van der Waals surface area contributed by atoms with Gasteiger partial charge < -0.3 is 20.3 Å². The number of aromatic nitrogens is 2. The topological polar surface area (TPSA) is 102 Å². The van der Waals surface area contributed by atoms with Crippen LogP contribution in [-0.2, 0) is 9.53 Å². The van der Waals surface area contributed by atoms with E-state index in [4.69, 9.17) is 22.1 Å². The predicted molar refractivity (Wildman–Crippen MR) is 76.2 cm³/mol. The molecule has 1 aliphatic rings. The SMILES string of the molecule is CN(CC(N)=O)C(=O)c1nc(N2CCOCC2)ncc1Cl. The van der Waals surface area contributed by atoms with Gasteiger partial charge in [-0.3, -0.25) is 9.59 Å². The highest BCUT2D eigenvalue weighted by Crippen LogP contribution is 2.18. The van der Waals surface area contributed by atoms with Crippen molar-refractivity contribution < 1.29 is 14.3 Å². The first-order chi connectivity index (χ1) is 9.99. The van der Waals surface area contributed by atoms with Crippen LogP contribution in [-0.4, -0.2) is 66.6 Å². The molecule has 9 heteroatoms. The van der Waals surface area contributed by atoms with Crippen LogP contribution in [0, 0.1) is 0 Å². The fourth-order valence-corrected chi connectivity index (χ4v) is 2.08. The maximum Gasteiger partial charge on any atom is 0.274 e. The molecule has 114 valence electrons. The van der Waals surface area contributed by atoms with Crippen molar-refractivity contribution in [1.29, 1.82) is 0 Å². The van der Waals surface area contributed by atoms with Crippen molar-refractivity contribution in [1.82, 2.24) is 14.9 Å². The first-order valence-electron chi connectivity index (χ1n) is 6.38. The number of primary amides is 1. The normalized spacial score (nSPS) is 14.9. The number of amides is 2. The van der Waals surface area contributed by atoms with Gasteiger partial charge in [-0.05, 0) is 0 Å². The minimum atomic E-state index is -0.607. The quantitative estimate of drug-likeness (QED) is 0.806. The molecule has 2 heterocycles. The van der Waals surface area contributed by atoms with Gasteiger partial charge in [-0.15, -0.1) is 0 Å². The maximum absolute atomic E-state index is 12.2. The lowest BCUT2D eigenvalue weighted by molar-refractivity contribution is -0.118. The van der Waals surface area contributed by atoms with Crippen LogP contribution in [0.25, 0.3) is 0 Å². The van der Waals surface area contributed by atoms with E-state index in [1.54, 1.807) is 0 Å². The van der Waals surface area contributed by atoms with E-state index in [1.807, 2.05) is 4.90 Å². The van der Waals surface area contributed by atoms with E-state index in [0.717, 1.165) is 0 Å². The minimum absolute atomic E-state index is 0.0527. The Morgan fingerprint density at radius 3 is 2.76 bits per heavy atom. The van der Waals surface area contributed by atoms with E-state index in [9.17, 15) is 9.59 Å². The first-order valence-corrected chi connectivity index (χ1v) is 6.76. The molecule has 0 saturated carbocycles. The highest BCUT2D eigenvalue weighted by atomic mass is 35.5. The molecule has 0 aliphatic carbocycles. The zero-order valence-electron chi connectivity index (χ0n) is 11.6. The number of likely N-dealkylation sites (N-methyl/N-ethyl adjacent to an activating group) is 1. The third kappa shape index (κ3) is 3.79. The van der Waals surface area contributed by atoms with Gasteiger partial charge in [0.2, 0.25) is 11.9 Å². The standard InChI is InChI=1S/C12H16ClN5O3/c1-17(7-9(14)19)11(20)10-8(13)6-15-12(16-10)18-2-4-21-5-3-18/h6H,2-5,7H2,1H3,(H2,14,19). The molecule has 0 unspecified atom stereocenters. The van der Waals surface area contributed by atoms with Crippen LogP contribution in [0.15, 0.2) is 6.20 Å². The number of nitrogens with zero attached hydrogens (tertiary/aromatic N) is 4. The molecule has 0 aromatic carbocycles. The Morgan fingerprint density at radius 1 is 1.48 bits per heavy atom. The molecule has 21 heavy (non-hydrogen) atoms. The van der Waals surface area contributed by atoms with Crippen molar-refractivity contribution in [3.63, 3.8) is 0 Å². The summed E-state index contributed by atoms with van der Waals surface area (Å²) >= 11 is 5.98. The van der Waals surface area contributed by atoms with Crippen LogP contribution >= 0.6 is 11.6 Å². The van der Waals surface area contributed by atoms with Gasteiger partial charge in [-0.2, -0.15) is 0 Å². The molecule has 0 spiro atoms. The molecule has 2 amide bonds. The van der Waals surface area contributed by atoms with E-state index >= 15 is 0 Å². The molecule has 1 saturated heterocycles. The number of ether oxygens (including phenoxy) is 1. The second-order valence-corrected chi connectivity index (χ2v) is 5.00. The van der Waals surface area contributed by atoms with Crippen molar-refractivity contribution in [3.8, 4) is 0 Å². The zero-order chi connectivity index (χ0) is 15.4. The van der Waals surface area contributed by atoms with Gasteiger partial charge >= 0.3 is 0 Å². The van der Waals surface area contributed by atoms with Gasteiger partial charge in [0.25, 0.3) is 5.91 Å². The Morgan fingerprint density at radius 2 is 2.14 bits per heavy atom. The van der Waals surface area contributed by atoms with Crippen LogP contribution in [0.2, 0.25) is 5.02 Å². The molecule has 0 atom stereocenters. The Hall–Kier alpha value is -1.93. The first kappa shape index (κ1) is 15.5. The van der Waals surface area contributed by atoms with Crippen molar-refractivity contribution in [3.05, 3.63) is 16.9 Å². The van der Waals surface area contributed by atoms with Crippen molar-refractivity contribution >= 4 is 29.4 Å². The molecule has 2 N–H and O–H groups in total. The smallest absolute Gasteiger partial charge is 0.274 e. The van der Waals surface area contributed by atoms with E-state index in [0.29, 0.717) is 32.3 Å². The molecule has 0 bridgehead atoms. The summed E-state index contributed by atoms with van der Waals surface area (Å²) in [6, 6.07) is 0. The van der Waals surface area contributed by atoms with Gasteiger partial charge in [0.1, 0.15) is 0 Å². The summed E-state index contributed by atoms with van der Waals surface area (Å²) in [5, 5.41) is 0.133. The second-order valence-electron chi connectivity index (χ2n) is 4.59. The molecule has 1 aliphatic heterocycles. The van der Waals surface area contributed by atoms with Crippen molar-refractivity contribution in [2.24, 2.45) is 5.73 Å². The number of hydrogen-bond donors (Lipinski definition) is 1. The lowest BCUT2D eigenvalue weighted by Crippen LogP contribution is -2.38. The molecule has 0 radical (unpaired) electrons. The molecular weight excluding hydrogens is 298 g/mol. The lowest BCUT2D eigenvalue weighted by Gasteiger charge is -2.27. The predicted octanol–water partition coefficient (Wildman–Crippen LogP) is -0.476. The minimum Gasteiger partial charge on any atom is -0.378 e. The summed E-state index contributed by atoms with van der Waals surface area (Å²) in [5.74, 6) is -0.668. The third-order valence-electron chi connectivity index (χ3n) is 2.97. The summed E-state index contributed by atoms with van der Waals surface area (Å²) < 4.78 is 5.25. The van der Waals surface area contributed by atoms with Crippen LogP contribution in [0.4, 0.5) is 5.95 Å².